The number of benzene rings is 1. The van der Waals surface area contributed by atoms with Crippen LogP contribution >= 0.6 is 11.6 Å². The minimum Gasteiger partial charge on any atom is -0.487 e. The Bertz CT molecular complexity index is 358. The van der Waals surface area contributed by atoms with Crippen LogP contribution in [0.25, 0.3) is 6.08 Å². The molecule has 13 heavy (non-hydrogen) atoms. The topological polar surface area (TPSA) is 29.5 Å². The Morgan fingerprint density at radius 1 is 1.46 bits per heavy atom. The molecule has 1 aromatic rings. The number of aliphatic hydroxyl groups is 1. The molecule has 0 fully saturated rings. The Morgan fingerprint density at radius 3 is 3.08 bits per heavy atom. The van der Waals surface area contributed by atoms with E-state index in [1.807, 2.05) is 18.2 Å². The number of rotatable bonds is 1. The van der Waals surface area contributed by atoms with Gasteiger partial charge in [-0.1, -0.05) is 23.7 Å². The third kappa shape index (κ3) is 1.55. The van der Waals surface area contributed by atoms with E-state index in [0.29, 0.717) is 17.4 Å². The van der Waals surface area contributed by atoms with Crippen LogP contribution in [0, 0.1) is 0 Å². The van der Waals surface area contributed by atoms with E-state index in [2.05, 4.69) is 0 Å². The van der Waals surface area contributed by atoms with Crippen LogP contribution in [0.5, 0.6) is 5.75 Å². The Kier molecular flexibility index (Phi) is 2.25. The minimum absolute atomic E-state index is 0.0337. The van der Waals surface area contributed by atoms with Gasteiger partial charge in [0.1, 0.15) is 12.4 Å². The van der Waals surface area contributed by atoms with Gasteiger partial charge in [-0.25, -0.2) is 0 Å². The summed E-state index contributed by atoms with van der Waals surface area (Å²) in [6.07, 6.45) is 1.91. The molecule has 0 aliphatic carbocycles. The molecule has 1 heterocycles. The van der Waals surface area contributed by atoms with Gasteiger partial charge in [0, 0.05) is 5.56 Å². The summed E-state index contributed by atoms with van der Waals surface area (Å²) in [6, 6.07) is 5.57. The van der Waals surface area contributed by atoms with Gasteiger partial charge in [-0.15, -0.1) is 0 Å². The van der Waals surface area contributed by atoms with Gasteiger partial charge in [-0.3, -0.25) is 0 Å². The third-order valence-electron chi connectivity index (χ3n) is 1.96. The minimum atomic E-state index is 0.0337. The maximum atomic E-state index is 8.90. The van der Waals surface area contributed by atoms with Crippen molar-refractivity contribution in [3.05, 3.63) is 34.4 Å². The van der Waals surface area contributed by atoms with Crippen LogP contribution < -0.4 is 4.74 Å². The average Bonchev–Trinajstić information content (AvgIpc) is 2.18. The van der Waals surface area contributed by atoms with Crippen molar-refractivity contribution >= 4 is 17.7 Å². The summed E-state index contributed by atoms with van der Waals surface area (Å²) in [5, 5.41) is 9.52. The molecule has 2 rings (SSSR count). The number of fused-ring (bicyclic) bond motifs is 1. The van der Waals surface area contributed by atoms with Crippen molar-refractivity contribution < 1.29 is 9.84 Å². The number of aliphatic hydroxyl groups excluding tert-OH is 1. The van der Waals surface area contributed by atoms with Crippen molar-refractivity contribution in [1.82, 2.24) is 0 Å². The highest BCUT2D eigenvalue weighted by molar-refractivity contribution is 6.32. The van der Waals surface area contributed by atoms with Crippen molar-refractivity contribution in [1.29, 1.82) is 0 Å². The van der Waals surface area contributed by atoms with Crippen LogP contribution in [0.1, 0.15) is 5.56 Å². The first kappa shape index (κ1) is 8.60. The molecule has 1 aliphatic heterocycles. The lowest BCUT2D eigenvalue weighted by Crippen LogP contribution is -2.09. The van der Waals surface area contributed by atoms with E-state index >= 15 is 0 Å². The highest BCUT2D eigenvalue weighted by atomic mass is 35.5. The fourth-order valence-corrected chi connectivity index (χ4v) is 1.55. The standard InChI is InChI=1S/C10H9ClO2/c11-9-3-1-2-8-4-7(5-12)6-13-10(8)9/h1-4,12H,5-6H2. The first-order chi connectivity index (χ1) is 6.31. The van der Waals surface area contributed by atoms with E-state index in [1.165, 1.54) is 0 Å². The zero-order valence-corrected chi connectivity index (χ0v) is 7.71. The Hall–Kier alpha value is -0.990. The largest absolute Gasteiger partial charge is 0.487 e. The summed E-state index contributed by atoms with van der Waals surface area (Å²) in [5.41, 5.74) is 1.80. The van der Waals surface area contributed by atoms with Gasteiger partial charge in [0.05, 0.1) is 11.6 Å². The molecule has 0 amide bonds. The summed E-state index contributed by atoms with van der Waals surface area (Å²) >= 11 is 5.92. The third-order valence-corrected chi connectivity index (χ3v) is 2.26. The summed E-state index contributed by atoms with van der Waals surface area (Å²) in [4.78, 5) is 0. The van der Waals surface area contributed by atoms with E-state index in [1.54, 1.807) is 6.07 Å². The molecule has 0 radical (unpaired) electrons. The normalized spacial score (nSPS) is 14.5. The highest BCUT2D eigenvalue weighted by Crippen LogP contribution is 2.33. The lowest BCUT2D eigenvalue weighted by Gasteiger charge is -2.17. The molecular weight excluding hydrogens is 188 g/mol. The highest BCUT2D eigenvalue weighted by Gasteiger charge is 2.12. The molecule has 2 nitrogen and oxygen atoms in total. The van der Waals surface area contributed by atoms with E-state index in [9.17, 15) is 0 Å². The molecule has 0 bridgehead atoms. The van der Waals surface area contributed by atoms with Gasteiger partial charge >= 0.3 is 0 Å². The SMILES string of the molecule is OCC1=Cc2cccc(Cl)c2OC1. The lowest BCUT2D eigenvalue weighted by atomic mass is 10.1. The Labute approximate surface area is 81.4 Å². The molecule has 0 unspecified atom stereocenters. The Balaban J connectivity index is 2.47. The fraction of sp³-hybridized carbons (Fsp3) is 0.200. The monoisotopic (exact) mass is 196 g/mol. The van der Waals surface area contributed by atoms with Crippen molar-refractivity contribution in [2.75, 3.05) is 13.2 Å². The Morgan fingerprint density at radius 2 is 2.31 bits per heavy atom. The van der Waals surface area contributed by atoms with Crippen LogP contribution in [-0.4, -0.2) is 18.3 Å². The zero-order chi connectivity index (χ0) is 9.26. The molecule has 1 aromatic carbocycles. The van der Waals surface area contributed by atoms with Gasteiger partial charge in [0.25, 0.3) is 0 Å². The zero-order valence-electron chi connectivity index (χ0n) is 6.96. The first-order valence-electron chi connectivity index (χ1n) is 4.03. The van der Waals surface area contributed by atoms with E-state index in [-0.39, 0.29) is 6.61 Å². The molecule has 0 atom stereocenters. The predicted octanol–water partition coefficient (Wildman–Crippen LogP) is 2.11. The van der Waals surface area contributed by atoms with Gasteiger partial charge in [0.15, 0.2) is 0 Å². The first-order valence-corrected chi connectivity index (χ1v) is 4.40. The van der Waals surface area contributed by atoms with Gasteiger partial charge in [0.2, 0.25) is 0 Å². The van der Waals surface area contributed by atoms with E-state index in [4.69, 9.17) is 21.4 Å². The summed E-state index contributed by atoms with van der Waals surface area (Å²) in [7, 11) is 0. The van der Waals surface area contributed by atoms with Crippen molar-refractivity contribution in [2.45, 2.75) is 0 Å². The smallest absolute Gasteiger partial charge is 0.145 e. The average molecular weight is 197 g/mol. The molecule has 1 N–H and O–H groups in total. The van der Waals surface area contributed by atoms with E-state index in [0.717, 1.165) is 11.1 Å². The van der Waals surface area contributed by atoms with Crippen molar-refractivity contribution in [3.63, 3.8) is 0 Å². The molecule has 1 aliphatic rings. The fourth-order valence-electron chi connectivity index (χ4n) is 1.31. The molecule has 0 saturated heterocycles. The molecule has 0 saturated carbocycles. The molecule has 3 heteroatoms. The summed E-state index contributed by atoms with van der Waals surface area (Å²) in [5.74, 6) is 0.710. The summed E-state index contributed by atoms with van der Waals surface area (Å²) in [6.45, 7) is 0.458. The quantitative estimate of drug-likeness (QED) is 0.746. The second kappa shape index (κ2) is 3.40. The molecular formula is C10H9ClO2. The van der Waals surface area contributed by atoms with Gasteiger partial charge in [-0.2, -0.15) is 0 Å². The lowest BCUT2D eigenvalue weighted by molar-refractivity contribution is 0.285. The number of ether oxygens (including phenoxy) is 1. The van der Waals surface area contributed by atoms with Crippen LogP contribution in [0.4, 0.5) is 0 Å². The second-order valence-electron chi connectivity index (χ2n) is 2.91. The van der Waals surface area contributed by atoms with Crippen LogP contribution in [0.3, 0.4) is 0 Å². The molecule has 0 spiro atoms. The molecule has 68 valence electrons. The van der Waals surface area contributed by atoms with Gasteiger partial charge < -0.3 is 9.84 Å². The van der Waals surface area contributed by atoms with Gasteiger partial charge in [-0.05, 0) is 17.7 Å². The number of hydrogen-bond acceptors (Lipinski definition) is 2. The number of halogens is 1. The maximum Gasteiger partial charge on any atom is 0.145 e. The van der Waals surface area contributed by atoms with E-state index < -0.39 is 0 Å². The van der Waals surface area contributed by atoms with Crippen molar-refractivity contribution in [3.8, 4) is 5.75 Å². The van der Waals surface area contributed by atoms with Crippen LogP contribution in [0.15, 0.2) is 23.8 Å². The number of hydrogen-bond donors (Lipinski definition) is 1. The van der Waals surface area contributed by atoms with Crippen LogP contribution in [-0.2, 0) is 0 Å². The summed E-state index contributed by atoms with van der Waals surface area (Å²) < 4.78 is 5.40. The second-order valence-corrected chi connectivity index (χ2v) is 3.31. The van der Waals surface area contributed by atoms with Crippen LogP contribution in [0.2, 0.25) is 5.02 Å². The number of para-hydroxylation sites is 1. The maximum absolute atomic E-state index is 8.90. The predicted molar refractivity (Wildman–Crippen MR) is 52.0 cm³/mol. The molecule has 0 aromatic heterocycles. The van der Waals surface area contributed by atoms with Crippen molar-refractivity contribution in [2.24, 2.45) is 0 Å².